The van der Waals surface area contributed by atoms with Gasteiger partial charge in [0.15, 0.2) is 0 Å². The first-order valence-corrected chi connectivity index (χ1v) is 9.15. The number of rotatable bonds is 2. The average molecular weight is 430 g/mol. The molecule has 0 spiro atoms. The minimum absolute atomic E-state index is 0.176. The summed E-state index contributed by atoms with van der Waals surface area (Å²) in [6, 6.07) is 5.16. The fraction of sp³-hybridized carbons (Fsp3) is 0.444. The third-order valence-electron chi connectivity index (χ3n) is 3.76. The predicted molar refractivity (Wildman–Crippen MR) is 102 cm³/mol. The lowest BCUT2D eigenvalue weighted by Gasteiger charge is -2.41. The standard InChI is InChI=1S/C18H22BrClN2O3/c1-5-16(23)22-7-6-21(17(24)25-18(2,3)4)11-15(22)12-8-13(19)10-14(20)9-12/h5,8-10,15H,1,6-7,11H2,2-4H3/t15-/m0/s1. The van der Waals surface area contributed by atoms with Crippen molar-refractivity contribution in [2.75, 3.05) is 19.6 Å². The first-order chi connectivity index (χ1) is 11.6. The van der Waals surface area contributed by atoms with Crippen LogP contribution in [0.5, 0.6) is 0 Å². The molecule has 0 aliphatic carbocycles. The van der Waals surface area contributed by atoms with Crippen molar-refractivity contribution in [3.63, 3.8) is 0 Å². The van der Waals surface area contributed by atoms with Gasteiger partial charge in [0.1, 0.15) is 5.60 Å². The highest BCUT2D eigenvalue weighted by atomic mass is 79.9. The molecule has 1 heterocycles. The van der Waals surface area contributed by atoms with Crippen LogP contribution in [-0.2, 0) is 9.53 Å². The van der Waals surface area contributed by atoms with E-state index in [-0.39, 0.29) is 18.0 Å². The summed E-state index contributed by atoms with van der Waals surface area (Å²) < 4.78 is 6.27. The highest BCUT2D eigenvalue weighted by molar-refractivity contribution is 9.10. The van der Waals surface area contributed by atoms with E-state index in [1.165, 1.54) is 6.08 Å². The predicted octanol–water partition coefficient (Wildman–Crippen LogP) is 4.41. The van der Waals surface area contributed by atoms with Gasteiger partial charge in [-0.2, -0.15) is 0 Å². The number of amides is 2. The van der Waals surface area contributed by atoms with Crippen molar-refractivity contribution < 1.29 is 14.3 Å². The molecule has 0 bridgehead atoms. The molecule has 1 saturated heterocycles. The van der Waals surface area contributed by atoms with Crippen LogP contribution in [-0.4, -0.2) is 47.0 Å². The number of hydrogen-bond donors (Lipinski definition) is 0. The Morgan fingerprint density at radius 3 is 2.56 bits per heavy atom. The Labute approximate surface area is 161 Å². The summed E-state index contributed by atoms with van der Waals surface area (Å²) in [6.45, 7) is 10.2. The van der Waals surface area contributed by atoms with Crippen LogP contribution in [0.1, 0.15) is 32.4 Å². The van der Waals surface area contributed by atoms with E-state index in [4.69, 9.17) is 16.3 Å². The molecule has 1 aromatic rings. The Morgan fingerprint density at radius 2 is 2.00 bits per heavy atom. The second kappa shape index (κ2) is 7.79. The van der Waals surface area contributed by atoms with Gasteiger partial charge in [0.25, 0.3) is 0 Å². The maximum absolute atomic E-state index is 12.4. The van der Waals surface area contributed by atoms with Crippen molar-refractivity contribution in [3.05, 3.63) is 45.9 Å². The lowest BCUT2D eigenvalue weighted by molar-refractivity contribution is -0.131. The molecule has 1 atom stereocenters. The summed E-state index contributed by atoms with van der Waals surface area (Å²) in [5, 5.41) is 0.560. The van der Waals surface area contributed by atoms with E-state index < -0.39 is 5.60 Å². The van der Waals surface area contributed by atoms with Crippen molar-refractivity contribution in [1.29, 1.82) is 0 Å². The summed E-state index contributed by atoms with van der Waals surface area (Å²) >= 11 is 9.58. The van der Waals surface area contributed by atoms with Crippen molar-refractivity contribution in [3.8, 4) is 0 Å². The molecular weight excluding hydrogens is 408 g/mol. The molecular formula is C18H22BrClN2O3. The first-order valence-electron chi connectivity index (χ1n) is 7.97. The van der Waals surface area contributed by atoms with Gasteiger partial charge < -0.3 is 14.5 Å². The molecule has 5 nitrogen and oxygen atoms in total. The van der Waals surface area contributed by atoms with Crippen LogP contribution >= 0.6 is 27.5 Å². The maximum atomic E-state index is 12.4. The lowest BCUT2D eigenvalue weighted by atomic mass is 10.0. The van der Waals surface area contributed by atoms with Gasteiger partial charge in [-0.3, -0.25) is 4.79 Å². The molecule has 1 aliphatic heterocycles. The number of piperazine rings is 1. The monoisotopic (exact) mass is 428 g/mol. The minimum atomic E-state index is -0.570. The number of carbonyl (C=O) groups excluding carboxylic acids is 2. The minimum Gasteiger partial charge on any atom is -0.444 e. The largest absolute Gasteiger partial charge is 0.444 e. The van der Waals surface area contributed by atoms with E-state index >= 15 is 0 Å². The first kappa shape index (κ1) is 19.8. The van der Waals surface area contributed by atoms with E-state index in [1.54, 1.807) is 21.9 Å². The lowest BCUT2D eigenvalue weighted by Crippen LogP contribution is -2.52. The third-order valence-corrected chi connectivity index (χ3v) is 4.44. The molecule has 0 aromatic heterocycles. The molecule has 25 heavy (non-hydrogen) atoms. The Bertz CT molecular complexity index is 667. The summed E-state index contributed by atoms with van der Waals surface area (Å²) in [5.41, 5.74) is 0.280. The molecule has 1 aromatic carbocycles. The SMILES string of the molecule is C=CC(=O)N1CCN(C(=O)OC(C)(C)C)C[C@H]1c1cc(Cl)cc(Br)c1. The molecule has 2 rings (SSSR count). The smallest absolute Gasteiger partial charge is 0.410 e. The second-order valence-corrected chi connectivity index (χ2v) is 8.23. The van der Waals surface area contributed by atoms with Crippen molar-refractivity contribution in [1.82, 2.24) is 9.80 Å². The topological polar surface area (TPSA) is 49.9 Å². The number of carbonyl (C=O) groups is 2. The van der Waals surface area contributed by atoms with Crippen LogP contribution in [0.4, 0.5) is 4.79 Å². The van der Waals surface area contributed by atoms with Crippen LogP contribution in [0.15, 0.2) is 35.3 Å². The molecule has 0 saturated carbocycles. The van der Waals surface area contributed by atoms with Crippen LogP contribution in [0, 0.1) is 0 Å². The summed E-state index contributed by atoms with van der Waals surface area (Å²) in [5.74, 6) is -0.176. The zero-order chi connectivity index (χ0) is 18.8. The Balaban J connectivity index is 2.30. The fourth-order valence-electron chi connectivity index (χ4n) is 2.71. The van der Waals surface area contributed by atoms with Gasteiger partial charge in [-0.15, -0.1) is 0 Å². The van der Waals surface area contributed by atoms with E-state index in [0.29, 0.717) is 24.7 Å². The summed E-state index contributed by atoms with van der Waals surface area (Å²) in [4.78, 5) is 28.0. The van der Waals surface area contributed by atoms with E-state index in [0.717, 1.165) is 10.0 Å². The Hall–Kier alpha value is -1.53. The molecule has 2 amide bonds. The van der Waals surface area contributed by atoms with Gasteiger partial charge in [-0.05, 0) is 50.6 Å². The highest BCUT2D eigenvalue weighted by Crippen LogP contribution is 2.31. The number of nitrogens with zero attached hydrogens (tertiary/aromatic N) is 2. The van der Waals surface area contributed by atoms with Gasteiger partial charge in [0.2, 0.25) is 5.91 Å². The normalized spacial score (nSPS) is 18.0. The van der Waals surface area contributed by atoms with E-state index in [2.05, 4.69) is 22.5 Å². The number of hydrogen-bond acceptors (Lipinski definition) is 3. The van der Waals surface area contributed by atoms with Crippen molar-refractivity contribution >= 4 is 39.5 Å². The van der Waals surface area contributed by atoms with Crippen molar-refractivity contribution in [2.24, 2.45) is 0 Å². The third kappa shape index (κ3) is 5.22. The number of halogens is 2. The van der Waals surface area contributed by atoms with Crippen LogP contribution in [0.3, 0.4) is 0 Å². The second-order valence-electron chi connectivity index (χ2n) is 6.88. The summed E-state index contributed by atoms with van der Waals surface area (Å²) in [6.07, 6.45) is 0.903. The number of benzene rings is 1. The summed E-state index contributed by atoms with van der Waals surface area (Å²) in [7, 11) is 0. The van der Waals surface area contributed by atoms with Crippen molar-refractivity contribution in [2.45, 2.75) is 32.4 Å². The highest BCUT2D eigenvalue weighted by Gasteiger charge is 2.34. The van der Waals surface area contributed by atoms with Crippen LogP contribution in [0.2, 0.25) is 5.02 Å². The van der Waals surface area contributed by atoms with Gasteiger partial charge in [-0.1, -0.05) is 34.1 Å². The molecule has 1 aliphatic rings. The average Bonchev–Trinajstić information content (AvgIpc) is 2.51. The zero-order valence-electron chi connectivity index (χ0n) is 14.6. The molecule has 0 unspecified atom stereocenters. The fourth-order valence-corrected chi connectivity index (χ4v) is 3.60. The van der Waals surface area contributed by atoms with Gasteiger partial charge in [0.05, 0.1) is 6.04 Å². The molecule has 1 fully saturated rings. The molecule has 7 heteroatoms. The molecule has 0 radical (unpaired) electrons. The Morgan fingerprint density at radius 1 is 1.32 bits per heavy atom. The van der Waals surface area contributed by atoms with Gasteiger partial charge in [-0.25, -0.2) is 4.79 Å². The molecule has 0 N–H and O–H groups in total. The van der Waals surface area contributed by atoms with E-state index in [1.807, 2.05) is 26.8 Å². The van der Waals surface area contributed by atoms with Gasteiger partial charge >= 0.3 is 6.09 Å². The molecule has 136 valence electrons. The Kier molecular flexibility index (Phi) is 6.16. The quantitative estimate of drug-likeness (QED) is 0.654. The van der Waals surface area contributed by atoms with Crippen LogP contribution in [0.25, 0.3) is 0 Å². The zero-order valence-corrected chi connectivity index (χ0v) is 16.9. The number of ether oxygens (including phenoxy) is 1. The van der Waals surface area contributed by atoms with E-state index in [9.17, 15) is 9.59 Å². The van der Waals surface area contributed by atoms with Gasteiger partial charge in [0, 0.05) is 29.1 Å². The van der Waals surface area contributed by atoms with Crippen LogP contribution < -0.4 is 0 Å². The maximum Gasteiger partial charge on any atom is 0.410 e.